The Balaban J connectivity index is 1.19. The molecule has 5 rings (SSSR count). The molecular weight excluding hydrogens is 593 g/mol. The zero-order chi connectivity index (χ0) is 29.5. The minimum atomic E-state index is -4.64. The summed E-state index contributed by atoms with van der Waals surface area (Å²) in [6.07, 6.45) is -1.01. The van der Waals surface area contributed by atoms with E-state index in [0.29, 0.717) is 62.8 Å². The molecule has 0 bridgehead atoms. The number of nitrogens with zero attached hydrogens (tertiary/aromatic N) is 2. The van der Waals surface area contributed by atoms with E-state index in [1.165, 1.54) is 6.07 Å². The molecule has 1 N–H and O–H groups in total. The highest BCUT2D eigenvalue weighted by Crippen LogP contribution is 2.45. The Morgan fingerprint density at radius 3 is 2.29 bits per heavy atom. The molecule has 224 valence electrons. The fourth-order valence-corrected chi connectivity index (χ4v) is 6.48. The van der Waals surface area contributed by atoms with E-state index in [1.54, 1.807) is 0 Å². The molecule has 1 aliphatic carbocycles. The number of ether oxygens (including phenoxy) is 1. The first-order valence-electron chi connectivity index (χ1n) is 13.4. The van der Waals surface area contributed by atoms with Gasteiger partial charge in [0.1, 0.15) is 17.4 Å². The highest BCUT2D eigenvalue weighted by molar-refractivity contribution is 7.87. The maximum absolute atomic E-state index is 15.0. The molecule has 2 heterocycles. The predicted molar refractivity (Wildman–Crippen MR) is 141 cm³/mol. The van der Waals surface area contributed by atoms with Crippen LogP contribution in [0.2, 0.25) is 5.02 Å². The summed E-state index contributed by atoms with van der Waals surface area (Å²) in [5, 5.41) is -0.571. The zero-order valence-corrected chi connectivity index (χ0v) is 23.5. The number of hydrogen-bond acceptors (Lipinski definition) is 5. The molecule has 3 fully saturated rings. The fourth-order valence-electron chi connectivity index (χ4n) is 5.03. The maximum atomic E-state index is 15.0. The third-order valence-corrected chi connectivity index (χ3v) is 9.51. The Morgan fingerprint density at radius 1 is 1.02 bits per heavy atom. The summed E-state index contributed by atoms with van der Waals surface area (Å²) in [6, 6.07) is 3.85. The molecule has 3 aliphatic rings. The van der Waals surface area contributed by atoms with Gasteiger partial charge in [0.2, 0.25) is 0 Å². The SMILES string of the molecule is O=C(NS(=O)(=O)N1CCC1)c1cc(C2CC2)c(OCC2CCN(Cc3cc(C(F)(F)F)cc(Cl)c3F)CC2)cc1F. The Morgan fingerprint density at radius 2 is 1.71 bits per heavy atom. The van der Waals surface area contributed by atoms with Crippen LogP contribution in [0.4, 0.5) is 22.0 Å². The smallest absolute Gasteiger partial charge is 0.416 e. The van der Waals surface area contributed by atoms with E-state index in [-0.39, 0.29) is 36.1 Å². The quantitative estimate of drug-likeness (QED) is 0.375. The minimum Gasteiger partial charge on any atom is -0.493 e. The van der Waals surface area contributed by atoms with Crippen LogP contribution in [0.1, 0.15) is 65.1 Å². The number of alkyl halides is 3. The summed E-state index contributed by atoms with van der Waals surface area (Å²) >= 11 is 5.70. The summed E-state index contributed by atoms with van der Waals surface area (Å²) in [6.45, 7) is 1.84. The average molecular weight is 622 g/mol. The number of rotatable bonds is 9. The number of carbonyl (C=O) groups is 1. The number of carbonyl (C=O) groups excluding carboxylic acids is 1. The van der Waals surface area contributed by atoms with Crippen LogP contribution in [0, 0.1) is 17.6 Å². The number of halogens is 6. The molecule has 2 aromatic carbocycles. The van der Waals surface area contributed by atoms with E-state index >= 15 is 0 Å². The second-order valence-corrected chi connectivity index (χ2v) is 12.9. The lowest BCUT2D eigenvalue weighted by Gasteiger charge is -2.32. The molecule has 0 aromatic heterocycles. The van der Waals surface area contributed by atoms with Gasteiger partial charge in [-0.3, -0.25) is 9.69 Å². The van der Waals surface area contributed by atoms with Crippen LogP contribution in [0.5, 0.6) is 5.75 Å². The normalized spacial score (nSPS) is 19.2. The number of piperidine rings is 1. The van der Waals surface area contributed by atoms with Crippen molar-refractivity contribution in [1.29, 1.82) is 0 Å². The van der Waals surface area contributed by atoms with Crippen molar-refractivity contribution in [2.45, 2.75) is 50.7 Å². The van der Waals surface area contributed by atoms with Crippen LogP contribution >= 0.6 is 11.6 Å². The van der Waals surface area contributed by atoms with Gasteiger partial charge in [-0.2, -0.15) is 25.9 Å². The van der Waals surface area contributed by atoms with E-state index in [4.69, 9.17) is 16.3 Å². The van der Waals surface area contributed by atoms with E-state index in [1.807, 2.05) is 9.62 Å². The van der Waals surface area contributed by atoms with Crippen molar-refractivity contribution in [3.63, 3.8) is 0 Å². The summed E-state index contributed by atoms with van der Waals surface area (Å²) in [5.74, 6) is -2.34. The first kappa shape index (κ1) is 30.0. The van der Waals surface area contributed by atoms with Gasteiger partial charge in [0.15, 0.2) is 0 Å². The van der Waals surface area contributed by atoms with Crippen molar-refractivity contribution >= 4 is 27.7 Å². The minimum absolute atomic E-state index is 0.0168. The molecule has 1 amide bonds. The fraction of sp³-hybridized carbons (Fsp3) is 0.519. The highest BCUT2D eigenvalue weighted by Gasteiger charge is 2.34. The van der Waals surface area contributed by atoms with Crippen molar-refractivity contribution in [3.05, 3.63) is 63.2 Å². The molecule has 0 spiro atoms. The molecular formula is C27H29ClF5N3O4S. The largest absolute Gasteiger partial charge is 0.493 e. The average Bonchev–Trinajstić information content (AvgIpc) is 3.69. The molecule has 0 atom stereocenters. The lowest BCUT2D eigenvalue weighted by atomic mass is 9.97. The Bertz CT molecular complexity index is 1420. The van der Waals surface area contributed by atoms with Gasteiger partial charge < -0.3 is 4.74 Å². The Labute approximate surface area is 239 Å². The first-order chi connectivity index (χ1) is 19.3. The lowest BCUT2D eigenvalue weighted by Crippen LogP contribution is -2.49. The van der Waals surface area contributed by atoms with Crippen LogP contribution in [0.25, 0.3) is 0 Å². The van der Waals surface area contributed by atoms with Gasteiger partial charge in [-0.25, -0.2) is 13.5 Å². The van der Waals surface area contributed by atoms with Crippen LogP contribution in [0.3, 0.4) is 0 Å². The molecule has 2 aliphatic heterocycles. The molecule has 41 heavy (non-hydrogen) atoms. The van der Waals surface area contributed by atoms with Crippen LogP contribution in [-0.4, -0.2) is 56.3 Å². The summed E-state index contributed by atoms with van der Waals surface area (Å²) < 4.78 is 102. The monoisotopic (exact) mass is 621 g/mol. The van der Waals surface area contributed by atoms with E-state index < -0.39 is 44.5 Å². The van der Waals surface area contributed by atoms with E-state index in [0.717, 1.165) is 29.3 Å². The number of benzene rings is 2. The predicted octanol–water partition coefficient (Wildman–Crippen LogP) is 5.49. The van der Waals surface area contributed by atoms with Crippen molar-refractivity contribution in [2.24, 2.45) is 5.92 Å². The standard InChI is InChI=1S/C27H29ClF5N3O4S/c28-22-11-19(27(31,32)33)10-18(25(22)30)14-35-8-4-16(5-9-35)15-40-24-13-23(29)21(12-20(24)17-2-3-17)26(37)34-41(38,39)36-6-1-7-36/h10-13,16-17H,1-9,14-15H2,(H,34,37). The highest BCUT2D eigenvalue weighted by atomic mass is 35.5. The molecule has 0 unspecified atom stereocenters. The summed E-state index contributed by atoms with van der Waals surface area (Å²) in [7, 11) is -4.02. The topological polar surface area (TPSA) is 79.0 Å². The van der Waals surface area contributed by atoms with Gasteiger partial charge in [0.25, 0.3) is 5.91 Å². The van der Waals surface area contributed by atoms with Crippen molar-refractivity contribution in [2.75, 3.05) is 32.8 Å². The molecule has 7 nitrogen and oxygen atoms in total. The zero-order valence-electron chi connectivity index (χ0n) is 21.9. The second-order valence-electron chi connectivity index (χ2n) is 10.8. The van der Waals surface area contributed by atoms with Gasteiger partial charge in [-0.05, 0) is 80.8 Å². The van der Waals surface area contributed by atoms with Crippen LogP contribution < -0.4 is 9.46 Å². The van der Waals surface area contributed by atoms with Crippen molar-refractivity contribution < 1.29 is 39.9 Å². The second kappa shape index (κ2) is 11.7. The van der Waals surface area contributed by atoms with Gasteiger partial charge in [0, 0.05) is 31.3 Å². The lowest BCUT2D eigenvalue weighted by molar-refractivity contribution is -0.137. The molecule has 2 aromatic rings. The van der Waals surface area contributed by atoms with Crippen molar-refractivity contribution in [1.82, 2.24) is 13.9 Å². The summed E-state index contributed by atoms with van der Waals surface area (Å²) in [5.41, 5.74) is -0.834. The van der Waals surface area contributed by atoms with Gasteiger partial charge in [0.05, 0.1) is 22.8 Å². The Kier molecular flexibility index (Phi) is 8.53. The summed E-state index contributed by atoms with van der Waals surface area (Å²) in [4.78, 5) is 14.5. The number of amides is 1. The van der Waals surface area contributed by atoms with Crippen LogP contribution in [-0.2, 0) is 22.9 Å². The third kappa shape index (κ3) is 6.95. The Hall–Kier alpha value is -2.48. The maximum Gasteiger partial charge on any atom is 0.416 e. The molecule has 0 radical (unpaired) electrons. The number of likely N-dealkylation sites (tertiary alicyclic amines) is 1. The third-order valence-electron chi connectivity index (χ3n) is 7.74. The van der Waals surface area contributed by atoms with E-state index in [9.17, 15) is 35.2 Å². The molecule has 2 saturated heterocycles. The van der Waals surface area contributed by atoms with Gasteiger partial charge in [-0.1, -0.05) is 11.6 Å². The number of hydrogen-bond donors (Lipinski definition) is 1. The van der Waals surface area contributed by atoms with Crippen LogP contribution in [0.15, 0.2) is 24.3 Å². The number of nitrogens with one attached hydrogen (secondary N) is 1. The van der Waals surface area contributed by atoms with Gasteiger partial charge >= 0.3 is 16.4 Å². The first-order valence-corrected chi connectivity index (χ1v) is 15.2. The molecule has 1 saturated carbocycles. The van der Waals surface area contributed by atoms with E-state index in [2.05, 4.69) is 0 Å². The van der Waals surface area contributed by atoms with Crippen molar-refractivity contribution in [3.8, 4) is 5.75 Å². The molecule has 14 heteroatoms. The van der Waals surface area contributed by atoms with Gasteiger partial charge in [-0.15, -0.1) is 0 Å².